The number of piperidine rings is 1. The number of nitrogens with two attached hydrogens (primary N) is 1. The zero-order chi connectivity index (χ0) is 37.4. The highest BCUT2D eigenvalue weighted by Crippen LogP contribution is 2.37. The Bertz CT molecular complexity index is 1880. The lowest BCUT2D eigenvalue weighted by Crippen LogP contribution is -2.56. The second kappa shape index (κ2) is 16.9. The highest BCUT2D eigenvalue weighted by Gasteiger charge is 2.41. The molecule has 14 heteroatoms. The first kappa shape index (κ1) is 38.0. The minimum Gasteiger partial charge on any atom is -0.380 e. The van der Waals surface area contributed by atoms with Crippen molar-refractivity contribution in [1.29, 1.82) is 0 Å². The largest absolute Gasteiger partial charge is 0.380 e. The van der Waals surface area contributed by atoms with Gasteiger partial charge < -0.3 is 31.7 Å². The zero-order valence-corrected chi connectivity index (χ0v) is 29.5. The topological polar surface area (TPSA) is 151 Å². The van der Waals surface area contributed by atoms with Crippen molar-refractivity contribution in [3.05, 3.63) is 106 Å². The third-order valence-electron chi connectivity index (χ3n) is 9.44. The molecule has 276 valence electrons. The summed E-state index contributed by atoms with van der Waals surface area (Å²) in [4.78, 5) is 44.2. The van der Waals surface area contributed by atoms with E-state index in [4.69, 9.17) is 15.5 Å². The number of rotatable bonds is 13. The predicted octanol–water partition coefficient (Wildman–Crippen LogP) is 6.17. The predicted molar refractivity (Wildman–Crippen MR) is 193 cm³/mol. The van der Waals surface area contributed by atoms with Gasteiger partial charge in [-0.15, -0.1) is 0 Å². The van der Waals surface area contributed by atoms with Gasteiger partial charge in [0.2, 0.25) is 0 Å². The third kappa shape index (κ3) is 9.36. The number of hydrogen-bond donors (Lipinski definition) is 5. The maximum absolute atomic E-state index is 14.7. The van der Waals surface area contributed by atoms with Crippen molar-refractivity contribution in [3.63, 3.8) is 0 Å². The molecule has 1 saturated heterocycles. The number of amides is 4. The molecule has 0 bridgehead atoms. The van der Waals surface area contributed by atoms with Crippen LogP contribution in [0.5, 0.6) is 0 Å². The van der Waals surface area contributed by atoms with Crippen LogP contribution in [0, 0.1) is 31.4 Å². The summed E-state index contributed by atoms with van der Waals surface area (Å²) >= 11 is 0. The molecule has 2 heterocycles. The Morgan fingerprint density at radius 1 is 1.02 bits per heavy atom. The summed E-state index contributed by atoms with van der Waals surface area (Å²) in [5.74, 6) is -3.47. The van der Waals surface area contributed by atoms with E-state index in [-0.39, 0.29) is 11.8 Å². The minimum absolute atomic E-state index is 0.147. The number of anilines is 3. The van der Waals surface area contributed by atoms with Crippen LogP contribution in [0.25, 0.3) is 0 Å². The summed E-state index contributed by atoms with van der Waals surface area (Å²) < 4.78 is 48.4. The van der Waals surface area contributed by atoms with Crippen LogP contribution < -0.4 is 27.0 Å². The van der Waals surface area contributed by atoms with Crippen LogP contribution in [0.2, 0.25) is 0 Å². The number of nitrogens with one attached hydrogen (secondary N) is 4. The molecule has 0 saturated carbocycles. The van der Waals surface area contributed by atoms with Gasteiger partial charge in [0.05, 0.1) is 23.4 Å². The van der Waals surface area contributed by atoms with Crippen molar-refractivity contribution in [2.24, 2.45) is 11.7 Å². The summed E-state index contributed by atoms with van der Waals surface area (Å²) in [5.41, 5.74) is 7.30. The fourth-order valence-electron chi connectivity index (χ4n) is 6.63. The number of allylic oxidation sites excluding steroid dienone is 2. The lowest BCUT2D eigenvalue weighted by atomic mass is 9.73. The van der Waals surface area contributed by atoms with Crippen LogP contribution in [0.1, 0.15) is 63.7 Å². The number of carbonyl (C=O) groups is 3. The number of pyridine rings is 1. The van der Waals surface area contributed by atoms with E-state index < -0.39 is 46.2 Å². The maximum atomic E-state index is 14.7. The van der Waals surface area contributed by atoms with E-state index in [1.807, 2.05) is 45.0 Å². The first-order valence-electron chi connectivity index (χ1n) is 17.2. The Balaban J connectivity index is 1.18. The van der Waals surface area contributed by atoms with E-state index in [9.17, 15) is 27.6 Å². The van der Waals surface area contributed by atoms with E-state index in [1.54, 1.807) is 12.1 Å². The Kier molecular flexibility index (Phi) is 12.3. The van der Waals surface area contributed by atoms with Gasteiger partial charge in [-0.3, -0.25) is 14.5 Å². The summed E-state index contributed by atoms with van der Waals surface area (Å²) in [7, 11) is 0. The second-order valence-corrected chi connectivity index (χ2v) is 13.0. The normalized spacial score (nSPS) is 17.7. The van der Waals surface area contributed by atoms with Crippen molar-refractivity contribution in [1.82, 2.24) is 20.5 Å². The van der Waals surface area contributed by atoms with Gasteiger partial charge in [-0.25, -0.2) is 22.9 Å². The second-order valence-electron chi connectivity index (χ2n) is 13.0. The molecule has 11 nitrogen and oxygen atoms in total. The van der Waals surface area contributed by atoms with Gasteiger partial charge in [0.1, 0.15) is 23.3 Å². The molecule has 6 N–H and O–H groups in total. The standard InChI is InChI=1S/C38H44F3N7O4/c1-4-52-17-14-43-36(50)25-7-9-32(23(2)18-25)45-34-10-8-26(24(3)44-34)22-48-15-11-27(12-16-48)38(13-5-6-28(39)21-38)47-37(51)46-33-19-29(35(42)49)30(40)20-31(33)41/h5-10,18-21,27H,4,11-17,22H2,1-3H3,(H2,42,49)(H,43,50)(H,44,45)(H2,46,47,51). The fraction of sp³-hybridized carbons (Fsp3) is 0.368. The summed E-state index contributed by atoms with van der Waals surface area (Å²) in [6, 6.07) is 9.88. The fourth-order valence-corrected chi connectivity index (χ4v) is 6.63. The Morgan fingerprint density at radius 2 is 1.79 bits per heavy atom. The first-order chi connectivity index (χ1) is 24.9. The number of likely N-dealkylation sites (tertiary alicyclic amines) is 1. The molecule has 4 amide bonds. The third-order valence-corrected chi connectivity index (χ3v) is 9.44. The summed E-state index contributed by atoms with van der Waals surface area (Å²) in [6.07, 6.45) is 5.96. The van der Waals surface area contributed by atoms with Gasteiger partial charge in [-0.1, -0.05) is 12.1 Å². The molecule has 1 aromatic heterocycles. The number of aryl methyl sites for hydroxylation is 2. The lowest BCUT2D eigenvalue weighted by Gasteiger charge is -2.44. The monoisotopic (exact) mass is 719 g/mol. The zero-order valence-electron chi connectivity index (χ0n) is 29.5. The number of ether oxygens (including phenoxy) is 1. The number of urea groups is 1. The molecule has 0 radical (unpaired) electrons. The molecule has 1 fully saturated rings. The SMILES string of the molecule is CCOCCNC(=O)c1ccc(Nc2ccc(CN3CCC(C4(NC(=O)Nc5cc(C(N)=O)c(F)cc5F)C=C(F)C=CC4)CC3)c(C)n2)c(C)c1. The summed E-state index contributed by atoms with van der Waals surface area (Å²) in [5, 5.41) is 11.4. The maximum Gasteiger partial charge on any atom is 0.320 e. The molecule has 1 unspecified atom stereocenters. The van der Waals surface area contributed by atoms with Gasteiger partial charge in [-0.05, 0) is 113 Å². The smallest absolute Gasteiger partial charge is 0.320 e. The highest BCUT2D eigenvalue weighted by molar-refractivity contribution is 5.96. The molecule has 1 atom stereocenters. The first-order valence-corrected chi connectivity index (χ1v) is 17.2. The van der Waals surface area contributed by atoms with E-state index in [0.717, 1.165) is 28.6 Å². The van der Waals surface area contributed by atoms with Gasteiger partial charge in [-0.2, -0.15) is 0 Å². The number of benzene rings is 2. The van der Waals surface area contributed by atoms with E-state index in [2.05, 4.69) is 26.2 Å². The molecule has 5 rings (SSSR count). The van der Waals surface area contributed by atoms with Crippen LogP contribution >= 0.6 is 0 Å². The molecular weight excluding hydrogens is 675 g/mol. The van der Waals surface area contributed by atoms with E-state index in [0.29, 0.717) is 76.1 Å². The molecule has 1 aliphatic heterocycles. The molecule has 52 heavy (non-hydrogen) atoms. The van der Waals surface area contributed by atoms with Gasteiger partial charge >= 0.3 is 6.03 Å². The number of nitrogens with zero attached hydrogens (tertiary/aromatic N) is 2. The van der Waals surface area contributed by atoms with Crippen molar-refractivity contribution in [3.8, 4) is 0 Å². The average Bonchev–Trinajstić information content (AvgIpc) is 3.10. The van der Waals surface area contributed by atoms with Gasteiger partial charge in [0, 0.05) is 42.7 Å². The summed E-state index contributed by atoms with van der Waals surface area (Å²) in [6.45, 7) is 9.28. The van der Waals surface area contributed by atoms with Crippen molar-refractivity contribution >= 4 is 35.0 Å². The van der Waals surface area contributed by atoms with E-state index in [1.165, 1.54) is 12.2 Å². The Morgan fingerprint density at radius 3 is 2.46 bits per heavy atom. The molecule has 2 aliphatic rings. The Hall–Kier alpha value is -5.21. The van der Waals surface area contributed by atoms with Crippen molar-refractivity contribution in [2.45, 2.75) is 52.1 Å². The average molecular weight is 720 g/mol. The van der Waals surface area contributed by atoms with Gasteiger partial charge in [0.25, 0.3) is 11.8 Å². The van der Waals surface area contributed by atoms with Crippen LogP contribution in [0.15, 0.2) is 66.5 Å². The van der Waals surface area contributed by atoms with Crippen LogP contribution in [-0.4, -0.2) is 66.1 Å². The van der Waals surface area contributed by atoms with Crippen LogP contribution in [0.4, 0.5) is 35.2 Å². The quantitative estimate of drug-likeness (QED) is 0.133. The Labute approximate surface area is 300 Å². The number of aromatic nitrogens is 1. The van der Waals surface area contributed by atoms with Crippen molar-refractivity contribution in [2.75, 3.05) is 43.5 Å². The molecule has 2 aromatic carbocycles. The van der Waals surface area contributed by atoms with Gasteiger partial charge in [0.15, 0.2) is 0 Å². The number of primary amides is 1. The minimum atomic E-state index is -1.14. The molecule has 3 aromatic rings. The van der Waals surface area contributed by atoms with Crippen molar-refractivity contribution < 1.29 is 32.3 Å². The number of hydrogen-bond acceptors (Lipinski definition) is 7. The molecular formula is C38H44F3N7O4. The molecule has 1 aliphatic carbocycles. The molecule has 0 spiro atoms. The lowest BCUT2D eigenvalue weighted by molar-refractivity contribution is 0.0921. The van der Waals surface area contributed by atoms with Crippen LogP contribution in [0.3, 0.4) is 0 Å². The number of carbonyl (C=O) groups excluding carboxylic acids is 3. The highest BCUT2D eigenvalue weighted by atomic mass is 19.1. The number of halogens is 3. The van der Waals surface area contributed by atoms with Crippen LogP contribution in [-0.2, 0) is 11.3 Å². The van der Waals surface area contributed by atoms with E-state index >= 15 is 0 Å².